The second kappa shape index (κ2) is 3.97. The highest BCUT2D eigenvalue weighted by atomic mass is 79.9. The highest BCUT2D eigenvalue weighted by Gasteiger charge is 1.99. The van der Waals surface area contributed by atoms with Gasteiger partial charge in [0.2, 0.25) is 6.19 Å². The number of nitriles is 1. The van der Waals surface area contributed by atoms with Crippen LogP contribution in [-0.2, 0) is 10.9 Å². The molecule has 1 aromatic rings. The predicted octanol–water partition coefficient (Wildman–Crippen LogP) is 2.03. The van der Waals surface area contributed by atoms with Crippen molar-refractivity contribution in [3.63, 3.8) is 0 Å². The maximum absolute atomic E-state index is 8.21. The van der Waals surface area contributed by atoms with Gasteiger partial charge >= 0.3 is 0 Å². The van der Waals surface area contributed by atoms with Crippen LogP contribution >= 0.6 is 27.3 Å². The number of hydrogen-bond acceptors (Lipinski definition) is 3. The molecule has 0 radical (unpaired) electrons. The molecule has 1 unspecified atom stereocenters. The molecule has 0 saturated carbocycles. The Balaban J connectivity index is 2.95. The van der Waals surface area contributed by atoms with Gasteiger partial charge in [0.05, 0.1) is 8.00 Å². The molecule has 0 aliphatic heterocycles. The van der Waals surface area contributed by atoms with Crippen molar-refractivity contribution in [1.82, 2.24) is 0 Å². The molecule has 0 aromatic carbocycles. The normalized spacial score (nSPS) is 12.8. The van der Waals surface area contributed by atoms with Crippen LogP contribution in [0.1, 0.15) is 0 Å². The van der Waals surface area contributed by atoms with Crippen LogP contribution in [0.15, 0.2) is 24.5 Å². The highest BCUT2D eigenvalue weighted by Crippen LogP contribution is 2.23. The lowest BCUT2D eigenvalue weighted by Crippen LogP contribution is -1.99. The van der Waals surface area contributed by atoms with Crippen LogP contribution in [0.25, 0.3) is 0 Å². The van der Waals surface area contributed by atoms with Gasteiger partial charge in [0.15, 0.2) is 0 Å². The van der Waals surface area contributed by atoms with E-state index in [1.807, 2.05) is 12.1 Å². The van der Waals surface area contributed by atoms with E-state index >= 15 is 0 Å². The van der Waals surface area contributed by atoms with E-state index in [1.54, 1.807) is 6.19 Å². The van der Waals surface area contributed by atoms with Crippen LogP contribution in [0.5, 0.6) is 0 Å². The Hall–Kier alpha value is -0.220. The fraction of sp³-hybridized carbons (Fsp3) is 0. The van der Waals surface area contributed by atoms with Gasteiger partial charge in [-0.3, -0.25) is 5.14 Å². The summed E-state index contributed by atoms with van der Waals surface area (Å²) in [6.07, 6.45) is 1.68. The Morgan fingerprint density at radius 1 is 1.73 bits per heavy atom. The van der Waals surface area contributed by atoms with Gasteiger partial charge in [0, 0.05) is 10.9 Å². The molecule has 3 nitrogen and oxygen atoms in total. The van der Waals surface area contributed by atoms with Crippen LogP contribution in [-0.4, -0.2) is 0 Å². The number of hydrogen-bond donors (Lipinski definition) is 1. The zero-order valence-corrected chi connectivity index (χ0v) is 8.54. The summed E-state index contributed by atoms with van der Waals surface area (Å²) in [6.45, 7) is 0. The summed E-state index contributed by atoms with van der Waals surface area (Å²) >= 11 is 4.79. The molecule has 0 aliphatic carbocycles. The van der Waals surface area contributed by atoms with Gasteiger partial charge in [-0.15, -0.1) is 15.7 Å². The Morgan fingerprint density at radius 2 is 2.45 bits per heavy atom. The maximum Gasteiger partial charge on any atom is 0.213 e. The number of thiophene rings is 1. The first-order valence-electron chi connectivity index (χ1n) is 2.58. The van der Waals surface area contributed by atoms with E-state index in [4.69, 9.17) is 10.4 Å². The van der Waals surface area contributed by atoms with Gasteiger partial charge in [-0.05, 0) is 28.1 Å². The topological polar surface area (TPSA) is 62.2 Å². The molecule has 0 fully saturated rings. The Kier molecular flexibility index (Phi) is 3.20. The molecule has 11 heavy (non-hydrogen) atoms. The minimum atomic E-state index is -0.760. The van der Waals surface area contributed by atoms with E-state index in [9.17, 15) is 0 Å². The summed E-state index contributed by atoms with van der Waals surface area (Å²) < 4.78 is 5.43. The minimum Gasteiger partial charge on any atom is -0.263 e. The van der Waals surface area contributed by atoms with Crippen molar-refractivity contribution < 1.29 is 0 Å². The van der Waals surface area contributed by atoms with Crippen LogP contribution in [0, 0.1) is 11.5 Å². The lowest BCUT2D eigenvalue weighted by molar-refractivity contribution is 1.45. The lowest BCUT2D eigenvalue weighted by Gasteiger charge is -1.89. The summed E-state index contributed by atoms with van der Waals surface area (Å²) in [5, 5.41) is 13.8. The number of rotatable bonds is 1. The molecule has 0 aliphatic rings. The largest absolute Gasteiger partial charge is 0.263 e. The van der Waals surface area contributed by atoms with Crippen LogP contribution in [0.4, 0.5) is 0 Å². The van der Waals surface area contributed by atoms with Crippen molar-refractivity contribution in [3.05, 3.63) is 15.9 Å². The first kappa shape index (κ1) is 8.87. The van der Waals surface area contributed by atoms with Crippen molar-refractivity contribution >= 4 is 38.1 Å². The molecular weight excluding hydrogens is 246 g/mol. The molecule has 0 amide bonds. The number of nitrogens with zero attached hydrogens (tertiary/aromatic N) is 2. The van der Waals surface area contributed by atoms with Gasteiger partial charge in [0.1, 0.15) is 0 Å². The van der Waals surface area contributed by atoms with E-state index in [0.717, 1.165) is 8.00 Å². The SMILES string of the molecule is N#C/N=S(\N)c1ccc(Br)s1. The summed E-state index contributed by atoms with van der Waals surface area (Å²) in [6, 6.07) is 3.75. The highest BCUT2D eigenvalue weighted by molar-refractivity contribution is 9.11. The fourth-order valence-electron chi connectivity index (χ4n) is 0.499. The molecule has 0 bridgehead atoms. The quantitative estimate of drug-likeness (QED) is 0.775. The van der Waals surface area contributed by atoms with E-state index in [0.29, 0.717) is 0 Å². The Labute approximate surface area is 79.2 Å². The van der Waals surface area contributed by atoms with E-state index in [-0.39, 0.29) is 0 Å². The molecule has 1 aromatic heterocycles. The van der Waals surface area contributed by atoms with Crippen molar-refractivity contribution in [2.24, 2.45) is 9.50 Å². The minimum absolute atomic E-state index is 0.760. The Bertz CT molecular complexity index is 325. The zero-order chi connectivity index (χ0) is 8.27. The van der Waals surface area contributed by atoms with Gasteiger partial charge in [-0.2, -0.15) is 5.26 Å². The average molecular weight is 250 g/mol. The van der Waals surface area contributed by atoms with Crippen molar-refractivity contribution in [2.45, 2.75) is 4.21 Å². The average Bonchev–Trinajstić information content (AvgIpc) is 2.36. The van der Waals surface area contributed by atoms with Crippen molar-refractivity contribution in [1.29, 1.82) is 5.26 Å². The van der Waals surface area contributed by atoms with Gasteiger partial charge < -0.3 is 0 Å². The third-order valence-corrected chi connectivity index (χ3v) is 3.90. The smallest absolute Gasteiger partial charge is 0.213 e. The molecule has 1 rings (SSSR count). The summed E-state index contributed by atoms with van der Waals surface area (Å²) in [5.41, 5.74) is 0. The third kappa shape index (κ3) is 2.38. The lowest BCUT2D eigenvalue weighted by atomic mass is 10.7. The molecule has 6 heteroatoms. The molecule has 58 valence electrons. The first-order chi connectivity index (χ1) is 5.24. The Morgan fingerprint density at radius 3 is 2.91 bits per heavy atom. The predicted molar refractivity (Wildman–Crippen MR) is 49.9 cm³/mol. The molecule has 0 saturated heterocycles. The second-order valence-electron chi connectivity index (χ2n) is 1.56. The zero-order valence-electron chi connectivity index (χ0n) is 5.32. The maximum atomic E-state index is 8.21. The fourth-order valence-corrected chi connectivity index (χ4v) is 3.05. The monoisotopic (exact) mass is 249 g/mol. The van der Waals surface area contributed by atoms with Gasteiger partial charge in [-0.1, -0.05) is 0 Å². The number of nitrogens with two attached hydrogens (primary N) is 1. The number of halogens is 1. The van der Waals surface area contributed by atoms with Crippen LogP contribution in [0.2, 0.25) is 0 Å². The second-order valence-corrected chi connectivity index (χ2v) is 5.54. The van der Waals surface area contributed by atoms with E-state index in [2.05, 4.69) is 20.3 Å². The standard InChI is InChI=1S/C5H4BrN3S2/c6-4-1-2-5(10-4)11(8)9-3-7/h1-2H,(H2,8,9). The summed E-state index contributed by atoms with van der Waals surface area (Å²) in [4.78, 5) is 0. The van der Waals surface area contributed by atoms with Gasteiger partial charge in [0.25, 0.3) is 0 Å². The molecule has 0 spiro atoms. The van der Waals surface area contributed by atoms with Gasteiger partial charge in [-0.25, -0.2) is 0 Å². The molecule has 1 atom stereocenters. The summed E-state index contributed by atoms with van der Waals surface area (Å²) in [5.74, 6) is 0. The molecular formula is C5H4BrN3S2. The van der Waals surface area contributed by atoms with E-state index < -0.39 is 10.9 Å². The van der Waals surface area contributed by atoms with Crippen molar-refractivity contribution in [2.75, 3.05) is 0 Å². The molecule has 1 heterocycles. The first-order valence-corrected chi connectivity index (χ1v) is 5.43. The van der Waals surface area contributed by atoms with E-state index in [1.165, 1.54) is 11.3 Å². The summed E-state index contributed by atoms with van der Waals surface area (Å²) in [7, 11) is -0.760. The van der Waals surface area contributed by atoms with Crippen LogP contribution in [0.3, 0.4) is 0 Å². The molecule has 2 N–H and O–H groups in total. The van der Waals surface area contributed by atoms with Crippen molar-refractivity contribution in [3.8, 4) is 6.19 Å². The third-order valence-electron chi connectivity index (χ3n) is 0.894. The van der Waals surface area contributed by atoms with Crippen LogP contribution < -0.4 is 5.14 Å².